The molecule has 7 nitrogen and oxygen atoms in total. The van der Waals surface area contributed by atoms with Gasteiger partial charge in [-0.25, -0.2) is 4.98 Å². The quantitative estimate of drug-likeness (QED) is 0.866. The van der Waals surface area contributed by atoms with Crippen molar-refractivity contribution < 1.29 is 9.84 Å². The van der Waals surface area contributed by atoms with Crippen molar-refractivity contribution in [3.05, 3.63) is 6.33 Å². The number of aromatic nitrogens is 4. The fourth-order valence-electron chi connectivity index (χ4n) is 3.86. The summed E-state index contributed by atoms with van der Waals surface area (Å²) in [5.41, 5.74) is 7.26. The molecule has 2 heterocycles. The van der Waals surface area contributed by atoms with Gasteiger partial charge in [-0.05, 0) is 37.0 Å². The third-order valence-electron chi connectivity index (χ3n) is 4.98. The topological polar surface area (TPSA) is 99.1 Å². The second-order valence-corrected chi connectivity index (χ2v) is 6.37. The Morgan fingerprint density at radius 1 is 1.36 bits per heavy atom. The lowest BCUT2D eigenvalue weighted by molar-refractivity contribution is 0.208. The van der Waals surface area contributed by atoms with E-state index in [1.807, 2.05) is 13.3 Å². The molecule has 0 bridgehead atoms. The van der Waals surface area contributed by atoms with Crippen LogP contribution in [0.1, 0.15) is 32.2 Å². The van der Waals surface area contributed by atoms with Crippen molar-refractivity contribution in [2.45, 2.75) is 32.2 Å². The van der Waals surface area contributed by atoms with Gasteiger partial charge in [0.15, 0.2) is 11.2 Å². The fraction of sp³-hybridized carbons (Fsp3) is 0.667. The maximum Gasteiger partial charge on any atom is 0.247 e. The second kappa shape index (κ2) is 5.08. The number of hydrogen-bond acceptors (Lipinski definition) is 6. The summed E-state index contributed by atoms with van der Waals surface area (Å²) in [6.07, 6.45) is 4.88. The molecule has 0 aromatic carbocycles. The molecule has 2 unspecified atom stereocenters. The number of nitrogens with two attached hydrogens (primary N) is 1. The lowest BCUT2D eigenvalue weighted by atomic mass is 10.0. The molecular formula is C15H21N5O2. The Morgan fingerprint density at radius 3 is 2.95 bits per heavy atom. The van der Waals surface area contributed by atoms with Crippen molar-refractivity contribution in [3.63, 3.8) is 0 Å². The molecule has 0 amide bonds. The molecule has 2 aliphatic rings. The molecule has 7 heteroatoms. The molecule has 118 valence electrons. The van der Waals surface area contributed by atoms with Crippen LogP contribution in [0.4, 0.5) is 5.95 Å². The summed E-state index contributed by atoms with van der Waals surface area (Å²) >= 11 is 0. The number of fused-ring (bicyclic) bond motifs is 2. The van der Waals surface area contributed by atoms with Crippen LogP contribution in [0.5, 0.6) is 5.88 Å². The Kier molecular flexibility index (Phi) is 3.18. The maximum absolute atomic E-state index is 9.49. The summed E-state index contributed by atoms with van der Waals surface area (Å²) in [4.78, 5) is 13.0. The Hall–Kier alpha value is -1.89. The summed E-state index contributed by atoms with van der Waals surface area (Å²) in [5.74, 6) is 2.37. The highest BCUT2D eigenvalue weighted by Crippen LogP contribution is 2.60. The van der Waals surface area contributed by atoms with Crippen molar-refractivity contribution in [3.8, 4) is 5.88 Å². The van der Waals surface area contributed by atoms with Gasteiger partial charge < -0.3 is 20.1 Å². The first kappa shape index (κ1) is 13.8. The standard InChI is InChI=1S/C15H21N5O2/c1-2-3-22-14-12-13(18-15(16)19-14)20(7-17-12)11-4-8(6-21)9-5-10(9)11/h7-11,21H,2-6H2,1H3,(H2,16,18,19)/t8-,9?,10?,11-/m1/s1. The van der Waals surface area contributed by atoms with Crippen LogP contribution in [0.2, 0.25) is 0 Å². The van der Waals surface area contributed by atoms with E-state index in [1.165, 1.54) is 6.42 Å². The number of nitrogens with zero attached hydrogens (tertiary/aromatic N) is 4. The van der Waals surface area contributed by atoms with Crippen LogP contribution in [-0.2, 0) is 0 Å². The molecule has 22 heavy (non-hydrogen) atoms. The van der Waals surface area contributed by atoms with E-state index in [9.17, 15) is 5.11 Å². The number of aliphatic hydroxyl groups is 1. The first-order valence-electron chi connectivity index (χ1n) is 7.96. The lowest BCUT2D eigenvalue weighted by Crippen LogP contribution is -2.12. The Labute approximate surface area is 128 Å². The SMILES string of the molecule is CCCOc1nc(N)nc2c1ncn2[C@@H]1C[C@H](CO)C2CC21. The molecule has 4 rings (SSSR count). The number of nitrogen functional groups attached to an aromatic ring is 1. The van der Waals surface area contributed by atoms with Gasteiger partial charge in [-0.1, -0.05) is 6.92 Å². The average molecular weight is 303 g/mol. The van der Waals surface area contributed by atoms with E-state index < -0.39 is 0 Å². The van der Waals surface area contributed by atoms with Crippen molar-refractivity contribution in [2.24, 2.45) is 17.8 Å². The Bertz CT molecular complexity index is 701. The zero-order valence-corrected chi connectivity index (χ0v) is 12.6. The third kappa shape index (κ3) is 2.03. The molecule has 4 atom stereocenters. The van der Waals surface area contributed by atoms with Gasteiger partial charge in [0, 0.05) is 12.6 Å². The van der Waals surface area contributed by atoms with Crippen molar-refractivity contribution in [2.75, 3.05) is 18.9 Å². The van der Waals surface area contributed by atoms with Crippen molar-refractivity contribution >= 4 is 17.1 Å². The number of hydrogen-bond donors (Lipinski definition) is 2. The van der Waals surface area contributed by atoms with Crippen LogP contribution in [0.3, 0.4) is 0 Å². The van der Waals surface area contributed by atoms with E-state index in [-0.39, 0.29) is 12.6 Å². The van der Waals surface area contributed by atoms with Gasteiger partial charge in [0.25, 0.3) is 0 Å². The summed E-state index contributed by atoms with van der Waals surface area (Å²) in [6.45, 7) is 2.90. The van der Waals surface area contributed by atoms with Gasteiger partial charge in [-0.2, -0.15) is 9.97 Å². The van der Waals surface area contributed by atoms with Gasteiger partial charge in [-0.3, -0.25) is 0 Å². The van der Waals surface area contributed by atoms with E-state index in [4.69, 9.17) is 10.5 Å². The summed E-state index contributed by atoms with van der Waals surface area (Å²) in [5, 5.41) is 9.49. The van der Waals surface area contributed by atoms with Gasteiger partial charge in [0.05, 0.1) is 12.9 Å². The van der Waals surface area contributed by atoms with E-state index in [0.717, 1.165) is 18.5 Å². The highest BCUT2D eigenvalue weighted by atomic mass is 16.5. The molecular weight excluding hydrogens is 282 g/mol. The minimum atomic E-state index is 0.212. The normalized spacial score (nSPS) is 29.7. The number of aliphatic hydroxyl groups excluding tert-OH is 1. The Balaban J connectivity index is 1.72. The smallest absolute Gasteiger partial charge is 0.247 e. The Morgan fingerprint density at radius 2 is 2.23 bits per heavy atom. The van der Waals surface area contributed by atoms with E-state index in [0.29, 0.717) is 41.8 Å². The van der Waals surface area contributed by atoms with Crippen LogP contribution in [-0.4, -0.2) is 37.8 Å². The van der Waals surface area contributed by atoms with Crippen molar-refractivity contribution in [1.82, 2.24) is 19.5 Å². The summed E-state index contributed by atoms with van der Waals surface area (Å²) < 4.78 is 7.76. The monoisotopic (exact) mass is 303 g/mol. The molecule has 0 spiro atoms. The fourth-order valence-corrected chi connectivity index (χ4v) is 3.86. The zero-order valence-electron chi connectivity index (χ0n) is 12.6. The largest absolute Gasteiger partial charge is 0.476 e. The van der Waals surface area contributed by atoms with Crippen LogP contribution >= 0.6 is 0 Å². The average Bonchev–Trinajstić information content (AvgIpc) is 3.05. The van der Waals surface area contributed by atoms with E-state index in [2.05, 4.69) is 19.5 Å². The van der Waals surface area contributed by atoms with Gasteiger partial charge in [0.2, 0.25) is 11.8 Å². The third-order valence-corrected chi connectivity index (χ3v) is 4.98. The molecule has 3 N–H and O–H groups in total. The number of ether oxygens (including phenoxy) is 1. The van der Waals surface area contributed by atoms with Gasteiger partial charge in [0.1, 0.15) is 0 Å². The number of rotatable bonds is 5. The molecule has 0 aliphatic heterocycles. The highest BCUT2D eigenvalue weighted by molar-refractivity contribution is 5.77. The second-order valence-electron chi connectivity index (χ2n) is 6.37. The van der Waals surface area contributed by atoms with Crippen LogP contribution < -0.4 is 10.5 Å². The highest BCUT2D eigenvalue weighted by Gasteiger charge is 2.54. The van der Waals surface area contributed by atoms with Crippen molar-refractivity contribution in [1.29, 1.82) is 0 Å². The number of anilines is 1. The molecule has 2 aromatic rings. The van der Waals surface area contributed by atoms with E-state index >= 15 is 0 Å². The van der Waals surface area contributed by atoms with Crippen LogP contribution in [0, 0.1) is 17.8 Å². The minimum Gasteiger partial charge on any atom is -0.476 e. The van der Waals surface area contributed by atoms with Crippen LogP contribution in [0.25, 0.3) is 11.2 Å². The number of imidazole rings is 1. The first-order chi connectivity index (χ1) is 10.7. The maximum atomic E-state index is 9.49. The summed E-state index contributed by atoms with van der Waals surface area (Å²) in [7, 11) is 0. The van der Waals surface area contributed by atoms with E-state index in [1.54, 1.807) is 0 Å². The van der Waals surface area contributed by atoms with Gasteiger partial charge >= 0.3 is 0 Å². The predicted octanol–water partition coefficient (Wildman–Crippen LogP) is 1.39. The lowest BCUT2D eigenvalue weighted by Gasteiger charge is -2.17. The molecule has 0 saturated heterocycles. The molecule has 0 radical (unpaired) electrons. The molecule has 2 aliphatic carbocycles. The molecule has 2 aromatic heterocycles. The zero-order chi connectivity index (χ0) is 15.3. The first-order valence-corrected chi connectivity index (χ1v) is 7.96. The molecule has 2 saturated carbocycles. The minimum absolute atomic E-state index is 0.212. The predicted molar refractivity (Wildman–Crippen MR) is 81.3 cm³/mol. The van der Waals surface area contributed by atoms with Crippen LogP contribution in [0.15, 0.2) is 6.33 Å². The summed E-state index contributed by atoms with van der Waals surface area (Å²) in [6, 6.07) is 0.348. The van der Waals surface area contributed by atoms with Gasteiger partial charge in [-0.15, -0.1) is 0 Å². The molecule has 2 fully saturated rings.